The van der Waals surface area contributed by atoms with Crippen molar-refractivity contribution in [3.63, 3.8) is 0 Å². The smallest absolute Gasteiger partial charge is 0.269 e. The molecule has 6 aromatic rings. The highest BCUT2D eigenvalue weighted by atomic mass is 35.5. The molecule has 0 bridgehead atoms. The fourth-order valence-corrected chi connectivity index (χ4v) is 4.96. The first-order valence-corrected chi connectivity index (χ1v) is 12.4. The van der Waals surface area contributed by atoms with Crippen LogP contribution in [0.25, 0.3) is 44.6 Å². The van der Waals surface area contributed by atoms with Crippen molar-refractivity contribution in [1.29, 1.82) is 0 Å². The van der Waals surface area contributed by atoms with E-state index in [1.165, 1.54) is 10.1 Å². The number of fused-ring (bicyclic) bond motifs is 4. The molecule has 0 spiro atoms. The van der Waals surface area contributed by atoms with Gasteiger partial charge in [0, 0.05) is 17.1 Å². The van der Waals surface area contributed by atoms with Crippen LogP contribution in [0.5, 0.6) is 0 Å². The Morgan fingerprint density at radius 1 is 0.806 bits per heavy atom. The molecule has 3 heterocycles. The number of rotatable bonds is 3. The van der Waals surface area contributed by atoms with Gasteiger partial charge >= 0.3 is 0 Å². The van der Waals surface area contributed by atoms with Crippen molar-refractivity contribution in [2.45, 2.75) is 27.2 Å². The molecular formula is C28H21Cl2N5O. The molecule has 0 radical (unpaired) electrons. The lowest BCUT2D eigenvalue weighted by atomic mass is 10.1. The summed E-state index contributed by atoms with van der Waals surface area (Å²) in [5, 5.41) is 1.27. The van der Waals surface area contributed by atoms with Crippen LogP contribution in [0.3, 0.4) is 0 Å². The molecule has 0 atom stereocenters. The summed E-state index contributed by atoms with van der Waals surface area (Å²) in [6.45, 7) is 6.09. The van der Waals surface area contributed by atoms with Crippen molar-refractivity contribution in [2.75, 3.05) is 0 Å². The van der Waals surface area contributed by atoms with E-state index in [2.05, 4.69) is 26.0 Å². The van der Waals surface area contributed by atoms with Crippen LogP contribution >= 0.6 is 23.2 Å². The normalized spacial score (nSPS) is 11.7. The van der Waals surface area contributed by atoms with Gasteiger partial charge in [-0.25, -0.2) is 15.0 Å². The van der Waals surface area contributed by atoms with Crippen molar-refractivity contribution >= 4 is 56.4 Å². The lowest BCUT2D eigenvalue weighted by molar-refractivity contribution is 0.827. The van der Waals surface area contributed by atoms with E-state index < -0.39 is 0 Å². The topological polar surface area (TPSA) is 65.6 Å². The SMILES string of the molecule is CCc1nc2c(c(=O)n1-c1cc(Cl)ccc1Cl)c1nc3ccccc3nc1n2-c1ccc(C)c(C)c1. The summed E-state index contributed by atoms with van der Waals surface area (Å²) in [5.41, 5.74) is 6.43. The molecule has 178 valence electrons. The van der Waals surface area contributed by atoms with Crippen LogP contribution in [-0.4, -0.2) is 24.1 Å². The quantitative estimate of drug-likeness (QED) is 0.262. The predicted octanol–water partition coefficient (Wildman–Crippen LogP) is 6.76. The molecule has 0 N–H and O–H groups in total. The van der Waals surface area contributed by atoms with E-state index in [4.69, 9.17) is 38.2 Å². The van der Waals surface area contributed by atoms with E-state index in [-0.39, 0.29) is 5.56 Å². The largest absolute Gasteiger partial charge is 0.276 e. The Hall–Kier alpha value is -3.74. The average Bonchev–Trinajstić information content (AvgIpc) is 3.19. The van der Waals surface area contributed by atoms with Gasteiger partial charge in [-0.3, -0.25) is 13.9 Å². The number of aromatic nitrogens is 5. The monoisotopic (exact) mass is 513 g/mol. The van der Waals surface area contributed by atoms with Gasteiger partial charge in [-0.15, -0.1) is 0 Å². The lowest BCUT2D eigenvalue weighted by Crippen LogP contribution is -2.24. The zero-order chi connectivity index (χ0) is 25.1. The predicted molar refractivity (Wildman–Crippen MR) is 146 cm³/mol. The minimum absolute atomic E-state index is 0.266. The number of benzene rings is 3. The fourth-order valence-electron chi connectivity index (χ4n) is 4.59. The third-order valence-electron chi connectivity index (χ3n) is 6.56. The second kappa shape index (κ2) is 8.43. The first kappa shape index (κ1) is 22.7. The summed E-state index contributed by atoms with van der Waals surface area (Å²) < 4.78 is 3.47. The number of hydrogen-bond donors (Lipinski definition) is 0. The van der Waals surface area contributed by atoms with Crippen molar-refractivity contribution in [2.24, 2.45) is 0 Å². The van der Waals surface area contributed by atoms with Gasteiger partial charge in [0.15, 0.2) is 11.3 Å². The highest BCUT2D eigenvalue weighted by Gasteiger charge is 2.24. The van der Waals surface area contributed by atoms with Crippen LogP contribution in [0.15, 0.2) is 65.5 Å². The molecule has 3 aromatic carbocycles. The molecule has 0 aliphatic heterocycles. The molecular weight excluding hydrogens is 493 g/mol. The minimum Gasteiger partial charge on any atom is -0.276 e. The van der Waals surface area contributed by atoms with Gasteiger partial charge < -0.3 is 0 Å². The number of aryl methyl sites for hydroxylation is 3. The number of hydrogen-bond acceptors (Lipinski definition) is 4. The summed E-state index contributed by atoms with van der Waals surface area (Å²) in [6, 6.07) is 18.9. The van der Waals surface area contributed by atoms with Crippen LogP contribution in [0.2, 0.25) is 10.0 Å². The molecule has 0 aliphatic rings. The Labute approximate surface area is 216 Å². The number of halogens is 2. The van der Waals surface area contributed by atoms with Crippen LogP contribution in [0, 0.1) is 13.8 Å². The van der Waals surface area contributed by atoms with Crippen LogP contribution in [-0.2, 0) is 6.42 Å². The zero-order valence-electron chi connectivity index (χ0n) is 19.9. The Morgan fingerprint density at radius 3 is 2.28 bits per heavy atom. The van der Waals surface area contributed by atoms with Crippen LogP contribution in [0.4, 0.5) is 0 Å². The fraction of sp³-hybridized carbons (Fsp3) is 0.143. The first-order valence-electron chi connectivity index (χ1n) is 11.6. The van der Waals surface area contributed by atoms with Gasteiger partial charge in [-0.1, -0.05) is 48.3 Å². The van der Waals surface area contributed by atoms with E-state index >= 15 is 0 Å². The molecule has 0 unspecified atom stereocenters. The van der Waals surface area contributed by atoms with Crippen LogP contribution < -0.4 is 5.56 Å². The van der Waals surface area contributed by atoms with Crippen molar-refractivity contribution < 1.29 is 0 Å². The minimum atomic E-state index is -0.266. The average molecular weight is 514 g/mol. The van der Waals surface area contributed by atoms with Gasteiger partial charge in [0.1, 0.15) is 16.7 Å². The molecule has 0 aliphatic carbocycles. The Morgan fingerprint density at radius 2 is 1.56 bits per heavy atom. The maximum Gasteiger partial charge on any atom is 0.269 e. The van der Waals surface area contributed by atoms with E-state index in [1.54, 1.807) is 18.2 Å². The molecule has 6 rings (SSSR count). The molecule has 0 saturated heterocycles. The third-order valence-corrected chi connectivity index (χ3v) is 7.11. The van der Waals surface area contributed by atoms with Gasteiger partial charge in [-0.05, 0) is 67.4 Å². The summed E-state index contributed by atoms with van der Waals surface area (Å²) in [7, 11) is 0. The summed E-state index contributed by atoms with van der Waals surface area (Å²) >= 11 is 12.8. The molecule has 8 heteroatoms. The Balaban J connectivity index is 1.84. The molecule has 0 saturated carbocycles. The summed E-state index contributed by atoms with van der Waals surface area (Å²) in [6.07, 6.45) is 0.505. The van der Waals surface area contributed by atoms with E-state index in [0.29, 0.717) is 55.7 Å². The van der Waals surface area contributed by atoms with Gasteiger partial charge in [0.05, 0.1) is 21.7 Å². The van der Waals surface area contributed by atoms with E-state index in [1.807, 2.05) is 41.8 Å². The number of nitrogens with zero attached hydrogens (tertiary/aromatic N) is 5. The van der Waals surface area contributed by atoms with E-state index in [0.717, 1.165) is 16.8 Å². The van der Waals surface area contributed by atoms with E-state index in [9.17, 15) is 4.79 Å². The maximum absolute atomic E-state index is 14.2. The highest BCUT2D eigenvalue weighted by Crippen LogP contribution is 2.31. The molecule has 0 amide bonds. The Kier molecular flexibility index (Phi) is 5.32. The second-order valence-electron chi connectivity index (χ2n) is 8.80. The molecule has 6 nitrogen and oxygen atoms in total. The molecule has 3 aromatic heterocycles. The van der Waals surface area contributed by atoms with Gasteiger partial charge in [0.2, 0.25) is 0 Å². The summed E-state index contributed by atoms with van der Waals surface area (Å²) in [5.74, 6) is 0.564. The van der Waals surface area contributed by atoms with Gasteiger partial charge in [-0.2, -0.15) is 0 Å². The second-order valence-corrected chi connectivity index (χ2v) is 9.65. The standard InChI is InChI=1S/C28H21Cl2N5O/c1-4-23-33-26-24(28(36)35(23)22-14-17(29)10-12-19(22)30)25-27(32-21-8-6-5-7-20(21)31-25)34(26)18-11-9-15(2)16(3)13-18/h5-14H,4H2,1-3H3. The lowest BCUT2D eigenvalue weighted by Gasteiger charge is -2.14. The molecule has 36 heavy (non-hydrogen) atoms. The first-order chi connectivity index (χ1) is 17.4. The summed E-state index contributed by atoms with van der Waals surface area (Å²) in [4.78, 5) is 29.1. The zero-order valence-corrected chi connectivity index (χ0v) is 21.4. The Bertz CT molecular complexity index is 1900. The highest BCUT2D eigenvalue weighted by molar-refractivity contribution is 6.34. The van der Waals surface area contributed by atoms with Crippen molar-refractivity contribution in [3.05, 3.63) is 98.0 Å². The number of para-hydroxylation sites is 2. The maximum atomic E-state index is 14.2. The molecule has 0 fully saturated rings. The third kappa shape index (κ3) is 3.40. The van der Waals surface area contributed by atoms with Crippen molar-refractivity contribution in [1.82, 2.24) is 24.1 Å². The van der Waals surface area contributed by atoms with Gasteiger partial charge in [0.25, 0.3) is 5.56 Å². The van der Waals surface area contributed by atoms with Crippen molar-refractivity contribution in [3.8, 4) is 11.4 Å². The van der Waals surface area contributed by atoms with Crippen LogP contribution in [0.1, 0.15) is 23.9 Å².